The fourth-order valence-corrected chi connectivity index (χ4v) is 5.56. The van der Waals surface area contributed by atoms with E-state index >= 15 is 0 Å². The van der Waals surface area contributed by atoms with Gasteiger partial charge in [-0.3, -0.25) is 9.00 Å². The molecule has 1 fully saturated rings. The Morgan fingerprint density at radius 2 is 2.04 bits per heavy atom. The summed E-state index contributed by atoms with van der Waals surface area (Å²) in [5.41, 5.74) is 1.63. The average molecular weight is 411 g/mol. The summed E-state index contributed by atoms with van der Waals surface area (Å²) >= 11 is 7.69. The molecule has 1 atom stereocenters. The predicted molar refractivity (Wildman–Crippen MR) is 109 cm³/mol. The molecular weight excluding hydrogens is 388 g/mol. The predicted octanol–water partition coefficient (Wildman–Crippen LogP) is 4.50. The third-order valence-electron chi connectivity index (χ3n) is 4.77. The molecule has 1 aromatic heterocycles. The molecule has 0 radical (unpaired) electrons. The minimum Gasteiger partial charge on any atom is -0.342 e. The molecule has 0 N–H and O–H groups in total. The molecule has 3 rings (SSSR count). The van der Waals surface area contributed by atoms with Crippen LogP contribution in [0.15, 0.2) is 29.6 Å². The van der Waals surface area contributed by atoms with Crippen molar-refractivity contribution in [1.82, 2.24) is 9.88 Å². The van der Waals surface area contributed by atoms with Crippen molar-refractivity contribution in [3.05, 3.63) is 40.4 Å². The topological polar surface area (TPSA) is 50.3 Å². The summed E-state index contributed by atoms with van der Waals surface area (Å²) in [6.07, 6.45) is 5.72. The molecule has 1 aliphatic rings. The zero-order valence-corrected chi connectivity index (χ0v) is 17.2. The van der Waals surface area contributed by atoms with Crippen LogP contribution in [0.4, 0.5) is 0 Å². The highest BCUT2D eigenvalue weighted by atomic mass is 35.5. The molecule has 4 nitrogen and oxygen atoms in total. The first-order valence-corrected chi connectivity index (χ1v) is 11.6. The van der Waals surface area contributed by atoms with E-state index in [1.54, 1.807) is 4.90 Å². The van der Waals surface area contributed by atoms with Crippen LogP contribution in [0.2, 0.25) is 5.02 Å². The number of benzene rings is 1. The Labute approximate surface area is 166 Å². The van der Waals surface area contributed by atoms with Gasteiger partial charge in [0.25, 0.3) is 0 Å². The maximum atomic E-state index is 12.4. The highest BCUT2D eigenvalue weighted by molar-refractivity contribution is 7.84. The van der Waals surface area contributed by atoms with Crippen LogP contribution in [0, 0.1) is 0 Å². The average Bonchev–Trinajstić information content (AvgIpc) is 3.10. The Bertz CT molecular complexity index is 787. The number of amides is 1. The van der Waals surface area contributed by atoms with E-state index in [4.69, 9.17) is 11.6 Å². The van der Waals surface area contributed by atoms with Gasteiger partial charge in [0.2, 0.25) is 5.91 Å². The largest absolute Gasteiger partial charge is 0.342 e. The van der Waals surface area contributed by atoms with Gasteiger partial charge in [-0.05, 0) is 18.9 Å². The maximum absolute atomic E-state index is 12.4. The van der Waals surface area contributed by atoms with Crippen LogP contribution in [-0.2, 0) is 21.3 Å². The summed E-state index contributed by atoms with van der Waals surface area (Å²) in [7, 11) is 0.587. The van der Waals surface area contributed by atoms with E-state index in [0.29, 0.717) is 16.8 Å². The molecule has 2 aromatic rings. The summed E-state index contributed by atoms with van der Waals surface area (Å²) in [5.74, 6) is 0.328. The van der Waals surface area contributed by atoms with E-state index in [-0.39, 0.29) is 11.7 Å². The number of rotatable bonds is 6. The number of carbonyl (C=O) groups excluding carboxylic acids is 1. The van der Waals surface area contributed by atoms with E-state index in [0.717, 1.165) is 29.1 Å². The molecule has 7 heteroatoms. The van der Waals surface area contributed by atoms with Crippen molar-refractivity contribution in [2.75, 3.05) is 12.8 Å². The van der Waals surface area contributed by atoms with Crippen molar-refractivity contribution in [1.29, 1.82) is 0 Å². The number of aromatic nitrogens is 1. The molecule has 1 aromatic carbocycles. The van der Waals surface area contributed by atoms with Gasteiger partial charge in [0.05, 0.1) is 16.5 Å². The lowest BCUT2D eigenvalue weighted by molar-refractivity contribution is -0.129. The van der Waals surface area contributed by atoms with Crippen molar-refractivity contribution >= 4 is 39.6 Å². The standard InChI is InChI=1S/C19H23ClN2O2S2/c1-22(15-7-3-2-4-8-15)18(23)13-26(24)12-14-11-25-19(21-14)16-9-5-6-10-17(16)20/h5-6,9-11,15H,2-4,7-8,12-13H2,1H3/t26-/m1/s1. The van der Waals surface area contributed by atoms with Crippen LogP contribution < -0.4 is 0 Å². The first-order valence-electron chi connectivity index (χ1n) is 8.84. The van der Waals surface area contributed by atoms with Crippen molar-refractivity contribution < 1.29 is 9.00 Å². The summed E-state index contributed by atoms with van der Waals surface area (Å²) in [6, 6.07) is 7.85. The molecule has 0 spiro atoms. The molecule has 1 amide bonds. The Morgan fingerprint density at radius 3 is 2.77 bits per heavy atom. The van der Waals surface area contributed by atoms with Crippen LogP contribution in [0.5, 0.6) is 0 Å². The van der Waals surface area contributed by atoms with Crippen LogP contribution in [-0.4, -0.2) is 38.8 Å². The SMILES string of the molecule is CN(C(=O)C[S@](=O)Cc1csc(-c2ccccc2Cl)n1)C1CCCCC1. The van der Waals surface area contributed by atoms with Crippen LogP contribution in [0.25, 0.3) is 10.6 Å². The molecular formula is C19H23ClN2O2S2. The van der Waals surface area contributed by atoms with E-state index in [1.165, 1.54) is 30.6 Å². The highest BCUT2D eigenvalue weighted by Crippen LogP contribution is 2.30. The number of thiazole rings is 1. The first-order chi connectivity index (χ1) is 12.5. The quantitative estimate of drug-likeness (QED) is 0.704. The molecule has 0 unspecified atom stereocenters. The van der Waals surface area contributed by atoms with Crippen molar-refractivity contribution in [3.8, 4) is 10.6 Å². The zero-order valence-electron chi connectivity index (χ0n) is 14.8. The van der Waals surface area contributed by atoms with E-state index in [2.05, 4.69) is 4.98 Å². The Balaban J connectivity index is 1.57. The number of nitrogens with zero attached hydrogens (tertiary/aromatic N) is 2. The number of hydrogen-bond donors (Lipinski definition) is 0. The van der Waals surface area contributed by atoms with Crippen molar-refractivity contribution in [2.24, 2.45) is 0 Å². The fraction of sp³-hybridized carbons (Fsp3) is 0.474. The molecule has 26 heavy (non-hydrogen) atoms. The Hall–Kier alpha value is -1.24. The van der Waals surface area contributed by atoms with Gasteiger partial charge in [-0.15, -0.1) is 11.3 Å². The van der Waals surface area contributed by atoms with Crippen LogP contribution in [0.3, 0.4) is 0 Å². The lowest BCUT2D eigenvalue weighted by Gasteiger charge is -2.31. The van der Waals surface area contributed by atoms with Crippen molar-refractivity contribution in [2.45, 2.75) is 43.9 Å². The van der Waals surface area contributed by atoms with Gasteiger partial charge in [-0.1, -0.05) is 49.1 Å². The molecule has 1 heterocycles. The lowest BCUT2D eigenvalue weighted by atomic mass is 9.94. The van der Waals surface area contributed by atoms with Gasteiger partial charge in [0.15, 0.2) is 0 Å². The van der Waals surface area contributed by atoms with Gasteiger partial charge in [-0.25, -0.2) is 4.98 Å². The van der Waals surface area contributed by atoms with Crippen molar-refractivity contribution in [3.63, 3.8) is 0 Å². The third-order valence-corrected chi connectivity index (χ3v) is 7.21. The summed E-state index contributed by atoms with van der Waals surface area (Å²) in [5, 5.41) is 3.36. The van der Waals surface area contributed by atoms with Gasteiger partial charge in [0.1, 0.15) is 10.8 Å². The minimum atomic E-state index is -1.25. The second-order valence-electron chi connectivity index (χ2n) is 6.65. The summed E-state index contributed by atoms with van der Waals surface area (Å²) in [6.45, 7) is 0. The molecule has 0 saturated heterocycles. The molecule has 140 valence electrons. The molecule has 1 saturated carbocycles. The number of halogens is 1. The maximum Gasteiger partial charge on any atom is 0.235 e. The fourth-order valence-electron chi connectivity index (χ4n) is 3.26. The smallest absolute Gasteiger partial charge is 0.235 e. The number of hydrogen-bond acceptors (Lipinski definition) is 4. The minimum absolute atomic E-state index is 0.0307. The highest BCUT2D eigenvalue weighted by Gasteiger charge is 2.23. The molecule has 1 aliphatic carbocycles. The normalized spacial score (nSPS) is 16.4. The Kier molecular flexibility index (Phi) is 6.84. The summed E-state index contributed by atoms with van der Waals surface area (Å²) in [4.78, 5) is 18.8. The third kappa shape index (κ3) is 4.93. The molecule has 0 aliphatic heterocycles. The summed E-state index contributed by atoms with van der Waals surface area (Å²) < 4.78 is 12.4. The van der Waals surface area contributed by atoms with Gasteiger partial charge >= 0.3 is 0 Å². The van der Waals surface area contributed by atoms with E-state index in [1.807, 2.05) is 36.7 Å². The monoisotopic (exact) mass is 410 g/mol. The Morgan fingerprint density at radius 1 is 1.31 bits per heavy atom. The van der Waals surface area contributed by atoms with Crippen LogP contribution >= 0.6 is 22.9 Å². The second kappa shape index (κ2) is 9.11. The van der Waals surface area contributed by atoms with Gasteiger partial charge in [0, 0.05) is 34.8 Å². The van der Waals surface area contributed by atoms with Gasteiger partial charge in [-0.2, -0.15) is 0 Å². The van der Waals surface area contributed by atoms with Crippen LogP contribution in [0.1, 0.15) is 37.8 Å². The number of carbonyl (C=O) groups is 1. The lowest BCUT2D eigenvalue weighted by Crippen LogP contribution is -2.40. The van der Waals surface area contributed by atoms with Gasteiger partial charge < -0.3 is 4.90 Å². The first kappa shape index (κ1) is 19.5. The van der Waals surface area contributed by atoms with E-state index in [9.17, 15) is 9.00 Å². The van der Waals surface area contributed by atoms with E-state index < -0.39 is 10.8 Å². The zero-order chi connectivity index (χ0) is 18.5. The molecule has 0 bridgehead atoms. The second-order valence-corrected chi connectivity index (χ2v) is 9.37.